The van der Waals surface area contributed by atoms with E-state index < -0.39 is 38.6 Å². The van der Waals surface area contributed by atoms with Gasteiger partial charge in [0.2, 0.25) is 5.91 Å². The fraction of sp³-hybridized carbons (Fsp3) is 0.148. The number of aromatic nitrogens is 3. The fourth-order valence-corrected chi connectivity index (χ4v) is 6.27. The van der Waals surface area contributed by atoms with Gasteiger partial charge in [-0.05, 0) is 48.9 Å². The maximum atomic E-state index is 13.3. The zero-order valence-electron chi connectivity index (χ0n) is 22.3. The average molecular weight is 667 g/mol. The molecule has 0 radical (unpaired) electrons. The number of nitrogens with one attached hydrogen (secondary N) is 2. The highest BCUT2D eigenvalue weighted by molar-refractivity contribution is 7.92. The first-order valence-corrected chi connectivity index (χ1v) is 15.0. The molecule has 2 amide bonds. The number of esters is 1. The molecule has 0 aliphatic heterocycles. The van der Waals surface area contributed by atoms with Crippen molar-refractivity contribution in [2.45, 2.75) is 30.4 Å². The highest BCUT2D eigenvalue weighted by atomic mass is 35.5. The van der Waals surface area contributed by atoms with Crippen molar-refractivity contribution >= 4 is 73.8 Å². The molecule has 0 fully saturated rings. The Hall–Kier alpha value is -4.17. The Labute approximate surface area is 260 Å². The molecule has 1 atom stereocenters. The summed E-state index contributed by atoms with van der Waals surface area (Å²) < 4.78 is 31.4. The van der Waals surface area contributed by atoms with Crippen LogP contribution in [0.2, 0.25) is 15.1 Å². The van der Waals surface area contributed by atoms with Gasteiger partial charge < -0.3 is 20.5 Å². The molecule has 4 rings (SSSR count). The number of rotatable bonds is 9. The Morgan fingerprint density at radius 2 is 1.56 bits per heavy atom. The van der Waals surface area contributed by atoms with E-state index in [1.807, 2.05) is 0 Å². The molecular formula is C27H22Cl3N5O7S. The van der Waals surface area contributed by atoms with Gasteiger partial charge in [0.15, 0.2) is 15.6 Å². The van der Waals surface area contributed by atoms with Crippen LogP contribution in [0.1, 0.15) is 30.6 Å². The van der Waals surface area contributed by atoms with Crippen molar-refractivity contribution in [1.82, 2.24) is 15.0 Å². The lowest BCUT2D eigenvalue weighted by Crippen LogP contribution is -2.35. The summed E-state index contributed by atoms with van der Waals surface area (Å²) in [5, 5.41) is 22.5. The number of benzene rings is 3. The van der Waals surface area contributed by atoms with Crippen LogP contribution in [0.3, 0.4) is 0 Å². The first-order chi connectivity index (χ1) is 20.3. The molecule has 0 spiro atoms. The van der Waals surface area contributed by atoms with Gasteiger partial charge in [-0.15, -0.1) is 4.80 Å². The second-order valence-corrected chi connectivity index (χ2v) is 12.3. The van der Waals surface area contributed by atoms with Crippen LogP contribution < -0.4 is 15.4 Å². The van der Waals surface area contributed by atoms with Crippen molar-refractivity contribution in [3.05, 3.63) is 81.6 Å². The maximum absolute atomic E-state index is 13.3. The molecule has 0 saturated carbocycles. The number of carbonyl (C=O) groups excluding carboxylic acids is 3. The summed E-state index contributed by atoms with van der Waals surface area (Å²) in [6.45, 7) is 2.70. The van der Waals surface area contributed by atoms with Crippen LogP contribution in [0.25, 0.3) is 5.69 Å². The molecule has 1 aromatic heterocycles. The molecular weight excluding hydrogens is 645 g/mol. The minimum Gasteiger partial charge on any atom is -0.506 e. The summed E-state index contributed by atoms with van der Waals surface area (Å²) in [5.41, 5.74) is -0.100. The zero-order valence-corrected chi connectivity index (χ0v) is 25.4. The fourth-order valence-electron chi connectivity index (χ4n) is 3.96. The summed E-state index contributed by atoms with van der Waals surface area (Å²) >= 11 is 18.1. The number of anilines is 2. The number of hydrogen-bond donors (Lipinski definition) is 3. The van der Waals surface area contributed by atoms with Crippen molar-refractivity contribution in [2.24, 2.45) is 0 Å². The Kier molecular flexibility index (Phi) is 9.60. The Balaban J connectivity index is 1.66. The lowest BCUT2D eigenvalue weighted by Gasteiger charge is -2.19. The Bertz CT molecular complexity index is 1790. The number of nitrogens with zero attached hydrogens (tertiary/aromatic N) is 3. The molecule has 43 heavy (non-hydrogen) atoms. The molecule has 1 heterocycles. The van der Waals surface area contributed by atoms with Crippen molar-refractivity contribution in [2.75, 3.05) is 10.6 Å². The molecule has 0 saturated heterocycles. The lowest BCUT2D eigenvalue weighted by atomic mass is 10.1. The number of amides is 2. The average Bonchev–Trinajstić information content (AvgIpc) is 3.47. The number of carbonyl (C=O) groups is 3. The smallest absolute Gasteiger partial charge is 0.308 e. The van der Waals surface area contributed by atoms with Crippen molar-refractivity contribution in [3.63, 3.8) is 0 Å². The van der Waals surface area contributed by atoms with E-state index >= 15 is 0 Å². The van der Waals surface area contributed by atoms with E-state index in [1.165, 1.54) is 54.9 Å². The van der Waals surface area contributed by atoms with Gasteiger partial charge in [0.25, 0.3) is 5.91 Å². The third-order valence-corrected chi connectivity index (χ3v) is 8.98. The van der Waals surface area contributed by atoms with Gasteiger partial charge in [0.05, 0.1) is 38.7 Å². The first kappa shape index (κ1) is 31.8. The van der Waals surface area contributed by atoms with Gasteiger partial charge in [-0.25, -0.2) is 8.42 Å². The highest BCUT2D eigenvalue weighted by Crippen LogP contribution is 2.36. The minimum absolute atomic E-state index is 0.0281. The maximum Gasteiger partial charge on any atom is 0.308 e. The van der Waals surface area contributed by atoms with Gasteiger partial charge in [0, 0.05) is 23.6 Å². The number of phenolic OH excluding ortho intramolecular Hbond substituents is 1. The van der Waals surface area contributed by atoms with Crippen molar-refractivity contribution in [1.29, 1.82) is 0 Å². The Morgan fingerprint density at radius 3 is 2.12 bits per heavy atom. The third-order valence-electron chi connectivity index (χ3n) is 5.94. The van der Waals surface area contributed by atoms with E-state index in [0.717, 1.165) is 17.8 Å². The van der Waals surface area contributed by atoms with E-state index in [9.17, 15) is 27.9 Å². The standard InChI is InChI=1S/C27H22Cl3N5O7S/c1-3-24(43(40,41)17-6-4-16(28)5-7-17)27(39)33-20-13-23(37)21(12-22(20)35-31-8-9-32-35)34-26(38)15-10-18(29)25(19(30)11-15)42-14(2)36/h4-13,24,37H,3H2,1-2H3,(H,33,39)(H,34,38). The van der Waals surface area contributed by atoms with Crippen LogP contribution in [-0.2, 0) is 19.4 Å². The van der Waals surface area contributed by atoms with Crippen molar-refractivity contribution in [3.8, 4) is 17.2 Å². The summed E-state index contributed by atoms with van der Waals surface area (Å²) in [4.78, 5) is 38.6. The predicted molar refractivity (Wildman–Crippen MR) is 160 cm³/mol. The molecule has 3 aromatic carbocycles. The highest BCUT2D eigenvalue weighted by Gasteiger charge is 2.33. The van der Waals surface area contributed by atoms with Crippen LogP contribution in [0, 0.1) is 0 Å². The topological polar surface area (TPSA) is 170 Å². The van der Waals surface area contributed by atoms with Gasteiger partial charge in [-0.2, -0.15) is 10.2 Å². The van der Waals surface area contributed by atoms with E-state index in [4.69, 9.17) is 39.5 Å². The summed E-state index contributed by atoms with van der Waals surface area (Å²) in [6, 6.07) is 10.2. The van der Waals surface area contributed by atoms with Gasteiger partial charge in [-0.1, -0.05) is 41.7 Å². The molecule has 1 unspecified atom stereocenters. The third kappa shape index (κ3) is 7.08. The number of phenols is 1. The van der Waals surface area contributed by atoms with Crippen LogP contribution in [-0.4, -0.2) is 51.6 Å². The summed E-state index contributed by atoms with van der Waals surface area (Å²) in [5.74, 6) is -2.89. The monoisotopic (exact) mass is 665 g/mol. The SMILES string of the molecule is CCC(C(=O)Nc1cc(O)c(NC(=O)c2cc(Cl)c(OC(C)=O)c(Cl)c2)cc1-n1nccn1)S(=O)(=O)c1ccc(Cl)cc1. The summed E-state index contributed by atoms with van der Waals surface area (Å²) in [6.07, 6.45) is 2.64. The van der Waals surface area contributed by atoms with E-state index in [1.54, 1.807) is 6.92 Å². The first-order valence-electron chi connectivity index (χ1n) is 12.3. The second kappa shape index (κ2) is 13.0. The van der Waals surface area contributed by atoms with Crippen LogP contribution >= 0.6 is 34.8 Å². The van der Waals surface area contributed by atoms with Crippen LogP contribution in [0.5, 0.6) is 11.5 Å². The second-order valence-electron chi connectivity index (χ2n) is 8.91. The number of sulfone groups is 1. The van der Waals surface area contributed by atoms with Crippen LogP contribution in [0.4, 0.5) is 11.4 Å². The molecule has 16 heteroatoms. The largest absolute Gasteiger partial charge is 0.506 e. The molecule has 0 bridgehead atoms. The molecule has 0 aliphatic rings. The van der Waals surface area contributed by atoms with Gasteiger partial charge >= 0.3 is 5.97 Å². The molecule has 224 valence electrons. The predicted octanol–water partition coefficient (Wildman–Crippen LogP) is 5.30. The van der Waals surface area contributed by atoms with Crippen LogP contribution in [0.15, 0.2) is 65.8 Å². The molecule has 12 nitrogen and oxygen atoms in total. The van der Waals surface area contributed by atoms with E-state index in [2.05, 4.69) is 20.8 Å². The number of halogens is 3. The normalized spacial score (nSPS) is 11.9. The van der Waals surface area contributed by atoms with Crippen molar-refractivity contribution < 1.29 is 32.6 Å². The van der Waals surface area contributed by atoms with E-state index in [-0.39, 0.29) is 49.7 Å². The van der Waals surface area contributed by atoms with Gasteiger partial charge in [0.1, 0.15) is 16.7 Å². The Morgan fingerprint density at radius 1 is 0.953 bits per heavy atom. The number of ether oxygens (including phenoxy) is 1. The minimum atomic E-state index is -4.11. The summed E-state index contributed by atoms with van der Waals surface area (Å²) in [7, 11) is -4.11. The molecule has 0 aliphatic carbocycles. The zero-order chi connectivity index (χ0) is 31.5. The quantitative estimate of drug-likeness (QED) is 0.122. The molecule has 3 N–H and O–H groups in total. The number of aromatic hydroxyl groups is 1. The van der Waals surface area contributed by atoms with Gasteiger partial charge in [-0.3, -0.25) is 14.4 Å². The lowest BCUT2D eigenvalue weighted by molar-refractivity contribution is -0.131. The van der Waals surface area contributed by atoms with E-state index in [0.29, 0.717) is 5.02 Å². The molecule has 4 aromatic rings. The number of hydrogen-bond acceptors (Lipinski definition) is 9.